The van der Waals surface area contributed by atoms with Crippen LogP contribution in [-0.4, -0.2) is 15.8 Å². The van der Waals surface area contributed by atoms with Crippen LogP contribution in [0.3, 0.4) is 0 Å². The van der Waals surface area contributed by atoms with E-state index < -0.39 is 0 Å². The molecule has 0 aliphatic carbocycles. The maximum Gasteiger partial charge on any atom is 0.0738 e. The molecule has 1 aromatic heterocycles. The second-order valence-electron chi connectivity index (χ2n) is 4.89. The number of nitrogens with one attached hydrogen (secondary N) is 1. The third-order valence-electron chi connectivity index (χ3n) is 3.34. The van der Waals surface area contributed by atoms with Gasteiger partial charge in [-0.1, -0.05) is 32.6 Å². The summed E-state index contributed by atoms with van der Waals surface area (Å²) in [5.74, 6) is 5.65. The molecule has 0 saturated heterocycles. The number of nitrogens with two attached hydrogens (primary N) is 1. The normalized spacial score (nSPS) is 12.9. The molecule has 0 amide bonds. The van der Waals surface area contributed by atoms with Gasteiger partial charge in [-0.15, -0.1) is 0 Å². The number of nitrogens with zero attached hydrogens (tertiary/aromatic N) is 2. The minimum absolute atomic E-state index is 0.327. The average Bonchev–Trinajstić information content (AvgIpc) is 2.59. The van der Waals surface area contributed by atoms with Gasteiger partial charge in [0.1, 0.15) is 0 Å². The van der Waals surface area contributed by atoms with Crippen LogP contribution in [0, 0.1) is 6.92 Å². The smallest absolute Gasteiger partial charge is 0.0738 e. The van der Waals surface area contributed by atoms with Gasteiger partial charge in [0.05, 0.1) is 15.9 Å². The van der Waals surface area contributed by atoms with Crippen molar-refractivity contribution in [2.24, 2.45) is 12.9 Å². The molecule has 1 rings (SSSR count). The van der Waals surface area contributed by atoms with Crippen molar-refractivity contribution in [1.82, 2.24) is 15.2 Å². The molecule has 4 nitrogen and oxygen atoms in total. The van der Waals surface area contributed by atoms with Crippen LogP contribution in [0.1, 0.15) is 50.4 Å². The van der Waals surface area contributed by atoms with Gasteiger partial charge < -0.3 is 0 Å². The van der Waals surface area contributed by atoms with E-state index in [9.17, 15) is 0 Å². The van der Waals surface area contributed by atoms with Crippen LogP contribution in [0.25, 0.3) is 0 Å². The summed E-state index contributed by atoms with van der Waals surface area (Å²) in [6.07, 6.45) is 7.14. The van der Waals surface area contributed by atoms with E-state index >= 15 is 0 Å². The van der Waals surface area contributed by atoms with Gasteiger partial charge in [-0.2, -0.15) is 5.10 Å². The van der Waals surface area contributed by atoms with Gasteiger partial charge in [-0.3, -0.25) is 16.0 Å². The van der Waals surface area contributed by atoms with Crippen LogP contribution in [0.2, 0.25) is 0 Å². The molecule has 1 unspecified atom stereocenters. The SMILES string of the molecule is CCCCCCC(Cc1c(Br)c(C)nn1C)NN. The van der Waals surface area contributed by atoms with E-state index in [4.69, 9.17) is 5.84 Å². The number of hydrogen-bond acceptors (Lipinski definition) is 3. The van der Waals surface area contributed by atoms with Crippen molar-refractivity contribution in [1.29, 1.82) is 0 Å². The molecule has 0 spiro atoms. The second kappa shape index (κ2) is 7.92. The van der Waals surface area contributed by atoms with Gasteiger partial charge in [-0.05, 0) is 29.3 Å². The Morgan fingerprint density at radius 2 is 2.11 bits per heavy atom. The Balaban J connectivity index is 2.51. The largest absolute Gasteiger partial charge is 0.271 e. The molecule has 1 atom stereocenters. The summed E-state index contributed by atoms with van der Waals surface area (Å²) in [5, 5.41) is 4.41. The quantitative estimate of drug-likeness (QED) is 0.440. The Bertz CT molecular complexity index is 362. The minimum atomic E-state index is 0.327. The first-order valence-corrected chi connectivity index (χ1v) is 7.53. The molecule has 0 bridgehead atoms. The third-order valence-corrected chi connectivity index (χ3v) is 4.37. The van der Waals surface area contributed by atoms with E-state index in [1.165, 1.54) is 31.4 Å². The van der Waals surface area contributed by atoms with Crippen molar-refractivity contribution in [3.8, 4) is 0 Å². The first-order chi connectivity index (χ1) is 8.60. The number of unbranched alkanes of at least 4 members (excludes halogenated alkanes) is 3. The summed E-state index contributed by atoms with van der Waals surface area (Å²) in [6.45, 7) is 4.24. The summed E-state index contributed by atoms with van der Waals surface area (Å²) in [5.41, 5.74) is 5.18. The lowest BCUT2D eigenvalue weighted by Crippen LogP contribution is -2.37. The van der Waals surface area contributed by atoms with Crippen LogP contribution < -0.4 is 11.3 Å². The van der Waals surface area contributed by atoms with Gasteiger partial charge in [0, 0.05) is 19.5 Å². The zero-order valence-electron chi connectivity index (χ0n) is 11.7. The predicted octanol–water partition coefficient (Wildman–Crippen LogP) is 2.84. The van der Waals surface area contributed by atoms with Gasteiger partial charge in [0.15, 0.2) is 0 Å². The summed E-state index contributed by atoms with van der Waals surface area (Å²) < 4.78 is 3.05. The van der Waals surface area contributed by atoms with Crippen LogP contribution in [-0.2, 0) is 13.5 Å². The molecule has 0 radical (unpaired) electrons. The van der Waals surface area contributed by atoms with Crippen molar-refractivity contribution in [2.75, 3.05) is 0 Å². The number of hydrogen-bond donors (Lipinski definition) is 2. The molecule has 104 valence electrons. The van der Waals surface area contributed by atoms with E-state index in [2.05, 4.69) is 33.4 Å². The highest BCUT2D eigenvalue weighted by molar-refractivity contribution is 9.10. The van der Waals surface area contributed by atoms with Crippen molar-refractivity contribution in [3.05, 3.63) is 15.9 Å². The number of halogens is 1. The summed E-state index contributed by atoms with van der Waals surface area (Å²) in [7, 11) is 1.98. The first kappa shape index (κ1) is 15.7. The van der Waals surface area contributed by atoms with Gasteiger partial charge in [-0.25, -0.2) is 0 Å². The molecule has 0 saturated carbocycles. The van der Waals surface area contributed by atoms with E-state index in [-0.39, 0.29) is 0 Å². The third kappa shape index (κ3) is 4.37. The topological polar surface area (TPSA) is 55.9 Å². The molecule has 1 heterocycles. The summed E-state index contributed by atoms with van der Waals surface area (Å²) in [4.78, 5) is 0. The van der Waals surface area contributed by atoms with E-state index in [1.807, 2.05) is 18.7 Å². The molecule has 0 aliphatic rings. The summed E-state index contributed by atoms with van der Waals surface area (Å²) >= 11 is 3.60. The van der Waals surface area contributed by atoms with Crippen LogP contribution in [0.5, 0.6) is 0 Å². The van der Waals surface area contributed by atoms with Crippen LogP contribution >= 0.6 is 15.9 Å². The zero-order chi connectivity index (χ0) is 13.5. The molecule has 5 heteroatoms. The fraction of sp³-hybridized carbons (Fsp3) is 0.769. The highest BCUT2D eigenvalue weighted by Gasteiger charge is 2.15. The van der Waals surface area contributed by atoms with E-state index in [0.717, 1.165) is 23.0 Å². The monoisotopic (exact) mass is 316 g/mol. The number of hydrazine groups is 1. The lowest BCUT2D eigenvalue weighted by Gasteiger charge is -2.16. The Morgan fingerprint density at radius 3 is 2.61 bits per heavy atom. The van der Waals surface area contributed by atoms with Crippen molar-refractivity contribution in [2.45, 2.75) is 58.4 Å². The van der Waals surface area contributed by atoms with Crippen LogP contribution in [0.15, 0.2) is 4.47 Å². The minimum Gasteiger partial charge on any atom is -0.271 e. The summed E-state index contributed by atoms with van der Waals surface area (Å²) in [6, 6.07) is 0.327. The highest BCUT2D eigenvalue weighted by Crippen LogP contribution is 2.22. The maximum atomic E-state index is 5.65. The highest BCUT2D eigenvalue weighted by atomic mass is 79.9. The van der Waals surface area contributed by atoms with Gasteiger partial charge >= 0.3 is 0 Å². The van der Waals surface area contributed by atoms with Crippen molar-refractivity contribution >= 4 is 15.9 Å². The second-order valence-corrected chi connectivity index (χ2v) is 5.68. The Hall–Kier alpha value is -0.390. The van der Waals surface area contributed by atoms with Crippen molar-refractivity contribution in [3.63, 3.8) is 0 Å². The van der Waals surface area contributed by atoms with E-state index in [1.54, 1.807) is 0 Å². The number of aromatic nitrogens is 2. The molecular weight excluding hydrogens is 292 g/mol. The predicted molar refractivity (Wildman–Crippen MR) is 79.2 cm³/mol. The van der Waals surface area contributed by atoms with Gasteiger partial charge in [0.25, 0.3) is 0 Å². The molecule has 0 aromatic carbocycles. The standard InChI is InChI=1S/C13H25BrN4/c1-4-5-6-7-8-11(16-15)9-12-13(14)10(2)17-18(12)3/h11,16H,4-9,15H2,1-3H3. The van der Waals surface area contributed by atoms with Crippen LogP contribution in [0.4, 0.5) is 0 Å². The fourth-order valence-electron chi connectivity index (χ4n) is 2.20. The molecule has 1 aromatic rings. The molecule has 18 heavy (non-hydrogen) atoms. The number of aryl methyl sites for hydroxylation is 2. The number of rotatable bonds is 8. The lowest BCUT2D eigenvalue weighted by atomic mass is 10.0. The van der Waals surface area contributed by atoms with Crippen molar-refractivity contribution < 1.29 is 0 Å². The van der Waals surface area contributed by atoms with Gasteiger partial charge in [0.2, 0.25) is 0 Å². The molecule has 3 N–H and O–H groups in total. The Kier molecular flexibility index (Phi) is 6.89. The molecular formula is C13H25BrN4. The average molecular weight is 317 g/mol. The molecule has 0 aliphatic heterocycles. The molecule has 0 fully saturated rings. The zero-order valence-corrected chi connectivity index (χ0v) is 13.3. The Labute approximate surface area is 118 Å². The lowest BCUT2D eigenvalue weighted by molar-refractivity contribution is 0.452. The fourth-order valence-corrected chi connectivity index (χ4v) is 2.69. The Morgan fingerprint density at radius 1 is 1.39 bits per heavy atom. The first-order valence-electron chi connectivity index (χ1n) is 6.74. The maximum absolute atomic E-state index is 5.65. The van der Waals surface area contributed by atoms with E-state index in [0.29, 0.717) is 6.04 Å².